The van der Waals surface area contributed by atoms with Crippen LogP contribution in [0.5, 0.6) is 0 Å². The van der Waals surface area contributed by atoms with Crippen molar-refractivity contribution in [3.63, 3.8) is 0 Å². The lowest BCUT2D eigenvalue weighted by Crippen LogP contribution is -2.47. The minimum absolute atomic E-state index is 0.0106. The van der Waals surface area contributed by atoms with Crippen LogP contribution < -0.4 is 10.6 Å². The molecule has 1 saturated carbocycles. The molecule has 1 aliphatic rings. The van der Waals surface area contributed by atoms with Crippen molar-refractivity contribution in [1.82, 2.24) is 10.6 Å². The minimum atomic E-state index is -1.58. The Morgan fingerprint density at radius 1 is 1.35 bits per heavy atom. The number of rotatable bonds is 4. The Balaban J connectivity index is 2.06. The molecule has 2 rings (SSSR count). The maximum Gasteiger partial charge on any atom is 0.315 e. The fourth-order valence-corrected chi connectivity index (χ4v) is 2.96. The fraction of sp³-hybridized carbons (Fsp3) is 0.562. The summed E-state index contributed by atoms with van der Waals surface area (Å²) < 4.78 is 39.5. The predicted molar refractivity (Wildman–Crippen MR) is 79.2 cm³/mol. The number of halogens is 3. The lowest BCUT2D eigenvalue weighted by molar-refractivity contribution is 0.204. The summed E-state index contributed by atoms with van der Waals surface area (Å²) in [5.41, 5.74) is -0.0649. The molecular weight excluding hydrogens is 309 g/mol. The number of carbonyl (C=O) groups is 1. The number of aliphatic hydroxyl groups excluding tert-OH is 1. The Morgan fingerprint density at radius 2 is 1.96 bits per heavy atom. The Hall–Kier alpha value is -1.76. The van der Waals surface area contributed by atoms with Gasteiger partial charge in [-0.2, -0.15) is 0 Å². The van der Waals surface area contributed by atoms with Crippen LogP contribution in [0, 0.1) is 22.9 Å². The molecule has 1 aromatic carbocycles. The highest BCUT2D eigenvalue weighted by Crippen LogP contribution is 2.37. The predicted octanol–water partition coefficient (Wildman–Crippen LogP) is 3.02. The van der Waals surface area contributed by atoms with E-state index in [2.05, 4.69) is 24.5 Å². The van der Waals surface area contributed by atoms with Crippen molar-refractivity contribution in [2.45, 2.75) is 45.2 Å². The molecule has 0 radical (unpaired) electrons. The van der Waals surface area contributed by atoms with Crippen LogP contribution in [-0.2, 0) is 0 Å². The van der Waals surface area contributed by atoms with Crippen molar-refractivity contribution in [2.75, 3.05) is 6.61 Å². The van der Waals surface area contributed by atoms with Gasteiger partial charge in [0, 0.05) is 6.04 Å². The summed E-state index contributed by atoms with van der Waals surface area (Å²) in [6.07, 6.45) is 2.86. The third-order valence-electron chi connectivity index (χ3n) is 4.46. The first-order valence-corrected chi connectivity index (χ1v) is 7.57. The normalized spacial score (nSPS) is 21.0. The minimum Gasteiger partial charge on any atom is -0.394 e. The molecule has 7 heteroatoms. The zero-order valence-corrected chi connectivity index (χ0v) is 13.1. The quantitative estimate of drug-likeness (QED) is 0.743. The lowest BCUT2D eigenvalue weighted by atomic mass is 9.87. The molecule has 2 atom stereocenters. The van der Waals surface area contributed by atoms with E-state index < -0.39 is 36.1 Å². The Bertz CT molecular complexity index is 570. The summed E-state index contributed by atoms with van der Waals surface area (Å²) in [4.78, 5) is 12.1. The van der Waals surface area contributed by atoms with Gasteiger partial charge in [0.2, 0.25) is 0 Å². The van der Waals surface area contributed by atoms with Crippen molar-refractivity contribution < 1.29 is 23.1 Å². The summed E-state index contributed by atoms with van der Waals surface area (Å²) in [6.45, 7) is 3.55. The largest absolute Gasteiger partial charge is 0.394 e. The molecule has 1 aromatic rings. The summed E-state index contributed by atoms with van der Waals surface area (Å²) in [6, 6.07) is -0.0418. The van der Waals surface area contributed by atoms with Gasteiger partial charge in [-0.1, -0.05) is 20.3 Å². The van der Waals surface area contributed by atoms with Crippen molar-refractivity contribution in [2.24, 2.45) is 5.41 Å². The molecule has 4 nitrogen and oxygen atoms in total. The van der Waals surface area contributed by atoms with E-state index in [0.717, 1.165) is 31.4 Å². The number of nitrogens with one attached hydrogen (secondary N) is 2. The summed E-state index contributed by atoms with van der Waals surface area (Å²) >= 11 is 0. The topological polar surface area (TPSA) is 61.4 Å². The number of hydrogen-bond acceptors (Lipinski definition) is 2. The van der Waals surface area contributed by atoms with Crippen LogP contribution in [0.3, 0.4) is 0 Å². The Labute approximate surface area is 133 Å². The molecule has 1 aliphatic carbocycles. The molecule has 2 amide bonds. The van der Waals surface area contributed by atoms with Crippen LogP contribution in [0.2, 0.25) is 0 Å². The first kappa shape index (κ1) is 17.6. The monoisotopic (exact) mass is 330 g/mol. The molecule has 0 bridgehead atoms. The van der Waals surface area contributed by atoms with Crippen LogP contribution in [0.25, 0.3) is 0 Å². The van der Waals surface area contributed by atoms with Crippen LogP contribution in [0.4, 0.5) is 18.0 Å². The van der Waals surface area contributed by atoms with Crippen LogP contribution >= 0.6 is 0 Å². The second-order valence-electron chi connectivity index (χ2n) is 6.58. The fourth-order valence-electron chi connectivity index (χ4n) is 2.96. The summed E-state index contributed by atoms with van der Waals surface area (Å²) in [5.74, 6) is -4.31. The molecule has 128 valence electrons. The van der Waals surface area contributed by atoms with E-state index >= 15 is 0 Å². The molecule has 0 saturated heterocycles. The van der Waals surface area contributed by atoms with Crippen molar-refractivity contribution in [3.05, 3.63) is 35.1 Å². The average Bonchev–Trinajstić information content (AvgIpc) is 2.80. The second-order valence-corrected chi connectivity index (χ2v) is 6.58. The highest BCUT2D eigenvalue weighted by Gasteiger charge is 2.35. The highest BCUT2D eigenvalue weighted by molar-refractivity contribution is 5.75. The van der Waals surface area contributed by atoms with Gasteiger partial charge in [-0.25, -0.2) is 18.0 Å². The first-order chi connectivity index (χ1) is 10.7. The first-order valence-electron chi connectivity index (χ1n) is 7.57. The maximum absolute atomic E-state index is 13.3. The van der Waals surface area contributed by atoms with Gasteiger partial charge in [-0.05, 0) is 36.0 Å². The van der Waals surface area contributed by atoms with E-state index in [0.29, 0.717) is 0 Å². The molecule has 0 heterocycles. The molecule has 2 unspecified atom stereocenters. The van der Waals surface area contributed by atoms with Crippen LogP contribution in [0.15, 0.2) is 12.1 Å². The smallest absolute Gasteiger partial charge is 0.315 e. The van der Waals surface area contributed by atoms with E-state index in [9.17, 15) is 23.1 Å². The van der Waals surface area contributed by atoms with Gasteiger partial charge in [0.15, 0.2) is 17.5 Å². The van der Waals surface area contributed by atoms with Gasteiger partial charge in [-0.15, -0.1) is 0 Å². The molecule has 0 aliphatic heterocycles. The Kier molecular flexibility index (Phi) is 5.19. The number of carbonyl (C=O) groups excluding carboxylic acids is 1. The van der Waals surface area contributed by atoms with E-state index in [1.54, 1.807) is 0 Å². The van der Waals surface area contributed by atoms with Gasteiger partial charge in [-0.3, -0.25) is 0 Å². The number of aliphatic hydroxyl groups is 1. The zero-order chi connectivity index (χ0) is 17.2. The molecule has 0 spiro atoms. The van der Waals surface area contributed by atoms with Crippen LogP contribution in [-0.4, -0.2) is 23.8 Å². The second kappa shape index (κ2) is 6.78. The van der Waals surface area contributed by atoms with E-state index in [4.69, 9.17) is 0 Å². The Morgan fingerprint density at radius 3 is 2.43 bits per heavy atom. The van der Waals surface area contributed by atoms with Crippen LogP contribution in [0.1, 0.15) is 44.7 Å². The van der Waals surface area contributed by atoms with Gasteiger partial charge in [0.1, 0.15) is 0 Å². The van der Waals surface area contributed by atoms with Gasteiger partial charge in [0.25, 0.3) is 0 Å². The van der Waals surface area contributed by atoms with Crippen molar-refractivity contribution in [3.8, 4) is 0 Å². The maximum atomic E-state index is 13.3. The van der Waals surface area contributed by atoms with Gasteiger partial charge < -0.3 is 15.7 Å². The van der Waals surface area contributed by atoms with Crippen molar-refractivity contribution >= 4 is 6.03 Å². The van der Waals surface area contributed by atoms with Crippen molar-refractivity contribution in [1.29, 1.82) is 0 Å². The highest BCUT2D eigenvalue weighted by atomic mass is 19.2. The molecule has 23 heavy (non-hydrogen) atoms. The van der Waals surface area contributed by atoms with E-state index in [1.165, 1.54) is 0 Å². The summed E-state index contributed by atoms with van der Waals surface area (Å²) in [7, 11) is 0. The number of urea groups is 1. The summed E-state index contributed by atoms with van der Waals surface area (Å²) in [5, 5.41) is 14.6. The number of amides is 2. The molecule has 0 aromatic heterocycles. The van der Waals surface area contributed by atoms with E-state index in [1.807, 2.05) is 0 Å². The molecule has 1 fully saturated rings. The standard InChI is InChI=1S/C16H21F3N2O2/c1-16(2)5-3-4-13(16)21-15(23)20-12(8-22)9-6-10(17)14(19)11(18)7-9/h6-7,12-13,22H,3-5,8H2,1-2H3,(H2,20,21,23). The molecule has 3 N–H and O–H groups in total. The average molecular weight is 330 g/mol. The van der Waals surface area contributed by atoms with E-state index in [-0.39, 0.29) is 17.0 Å². The van der Waals surface area contributed by atoms with Gasteiger partial charge in [0.05, 0.1) is 12.6 Å². The SMILES string of the molecule is CC1(C)CCCC1NC(=O)NC(CO)c1cc(F)c(F)c(F)c1. The third kappa shape index (κ3) is 3.96. The van der Waals surface area contributed by atoms with Gasteiger partial charge >= 0.3 is 6.03 Å². The zero-order valence-electron chi connectivity index (χ0n) is 13.1. The lowest BCUT2D eigenvalue weighted by Gasteiger charge is -2.28. The number of benzene rings is 1. The molecular formula is C16H21F3N2O2. The third-order valence-corrected chi connectivity index (χ3v) is 4.46. The number of hydrogen-bond donors (Lipinski definition) is 3.